The van der Waals surface area contributed by atoms with Crippen LogP contribution in [0.15, 0.2) is 18.2 Å². The van der Waals surface area contributed by atoms with Crippen molar-refractivity contribution < 1.29 is 4.79 Å². The second kappa shape index (κ2) is 7.66. The Morgan fingerprint density at radius 3 is 3.00 bits per heavy atom. The molecule has 0 saturated carbocycles. The number of likely N-dealkylation sites (tertiary alicyclic amines) is 1. The minimum atomic E-state index is 0.00122. The average molecular weight is 310 g/mol. The molecule has 1 aromatic carbocycles. The zero-order valence-electron chi connectivity index (χ0n) is 12.6. The van der Waals surface area contributed by atoms with Gasteiger partial charge in [-0.2, -0.15) is 0 Å². The first-order valence-electron chi connectivity index (χ1n) is 7.62. The van der Waals surface area contributed by atoms with Gasteiger partial charge in [-0.25, -0.2) is 0 Å². The van der Waals surface area contributed by atoms with Gasteiger partial charge >= 0.3 is 0 Å². The largest absolute Gasteiger partial charge is 0.397 e. The first-order valence-corrected chi connectivity index (χ1v) is 7.99. The fourth-order valence-electron chi connectivity index (χ4n) is 2.67. The fourth-order valence-corrected chi connectivity index (χ4v) is 2.85. The lowest BCUT2D eigenvalue weighted by Gasteiger charge is -2.19. The fraction of sp³-hybridized carbons (Fsp3) is 0.562. The summed E-state index contributed by atoms with van der Waals surface area (Å²) in [6.07, 6.45) is 4.25. The molecule has 1 fully saturated rings. The second-order valence-corrected chi connectivity index (χ2v) is 6.34. The van der Waals surface area contributed by atoms with Crippen LogP contribution in [0.25, 0.3) is 0 Å². The van der Waals surface area contributed by atoms with Gasteiger partial charge in [0.2, 0.25) is 5.91 Å². The third-order valence-corrected chi connectivity index (χ3v) is 4.29. The summed E-state index contributed by atoms with van der Waals surface area (Å²) in [5.41, 5.74) is 6.97. The van der Waals surface area contributed by atoms with Gasteiger partial charge in [0, 0.05) is 18.0 Å². The Bertz CT molecular complexity index is 492. The van der Waals surface area contributed by atoms with Crippen LogP contribution in [0.1, 0.15) is 32.6 Å². The van der Waals surface area contributed by atoms with Gasteiger partial charge in [0.25, 0.3) is 0 Å². The van der Waals surface area contributed by atoms with Gasteiger partial charge in [-0.05, 0) is 56.5 Å². The van der Waals surface area contributed by atoms with Crippen LogP contribution in [-0.4, -0.2) is 30.4 Å². The van der Waals surface area contributed by atoms with Gasteiger partial charge in [0.15, 0.2) is 0 Å². The van der Waals surface area contributed by atoms with Crippen molar-refractivity contribution in [3.63, 3.8) is 0 Å². The van der Waals surface area contributed by atoms with Crippen molar-refractivity contribution >= 4 is 28.9 Å². The number of nitrogens with zero attached hydrogens (tertiary/aromatic N) is 1. The van der Waals surface area contributed by atoms with E-state index in [0.717, 1.165) is 25.6 Å². The molecule has 1 amide bonds. The maximum Gasteiger partial charge on any atom is 0.225 e. The Morgan fingerprint density at radius 1 is 1.43 bits per heavy atom. The molecule has 1 aliphatic rings. The van der Waals surface area contributed by atoms with Crippen LogP contribution in [0.5, 0.6) is 0 Å². The molecule has 0 aliphatic carbocycles. The first kappa shape index (κ1) is 16.1. The number of nitrogens with two attached hydrogens (primary N) is 1. The summed E-state index contributed by atoms with van der Waals surface area (Å²) in [6.45, 7) is 5.31. The number of hydrogen-bond donors (Lipinski definition) is 2. The van der Waals surface area contributed by atoms with Crippen molar-refractivity contribution in [1.29, 1.82) is 0 Å². The third-order valence-electron chi connectivity index (χ3n) is 4.05. The molecular weight excluding hydrogens is 286 g/mol. The van der Waals surface area contributed by atoms with E-state index in [1.54, 1.807) is 18.2 Å². The van der Waals surface area contributed by atoms with Crippen molar-refractivity contribution in [2.75, 3.05) is 30.7 Å². The highest BCUT2D eigenvalue weighted by atomic mass is 35.5. The van der Waals surface area contributed by atoms with E-state index >= 15 is 0 Å². The number of anilines is 2. The van der Waals surface area contributed by atoms with Crippen LogP contribution < -0.4 is 11.1 Å². The van der Waals surface area contributed by atoms with Crippen molar-refractivity contribution in [2.45, 2.75) is 32.6 Å². The molecule has 1 saturated heterocycles. The number of rotatable bonds is 4. The number of carbonyl (C=O) groups is 1. The van der Waals surface area contributed by atoms with E-state index in [1.165, 1.54) is 19.3 Å². The van der Waals surface area contributed by atoms with Crippen molar-refractivity contribution in [2.24, 2.45) is 5.92 Å². The lowest BCUT2D eigenvalue weighted by atomic mass is 10.0. The van der Waals surface area contributed by atoms with Gasteiger partial charge in [-0.15, -0.1) is 0 Å². The Labute approximate surface area is 131 Å². The minimum Gasteiger partial charge on any atom is -0.397 e. The number of amides is 1. The quantitative estimate of drug-likeness (QED) is 0.838. The predicted molar refractivity (Wildman–Crippen MR) is 88.6 cm³/mol. The smallest absolute Gasteiger partial charge is 0.225 e. The third kappa shape index (κ3) is 5.21. The summed E-state index contributed by atoms with van der Waals surface area (Å²) in [6, 6.07) is 5.11. The molecule has 116 valence electrons. The van der Waals surface area contributed by atoms with Crippen LogP contribution in [0.3, 0.4) is 0 Å². The molecule has 1 aromatic rings. The average Bonchev–Trinajstić information content (AvgIpc) is 2.64. The van der Waals surface area contributed by atoms with Crippen molar-refractivity contribution in [3.8, 4) is 0 Å². The SMILES string of the molecule is CC1CCCN(CCC(=O)Nc2ccc(Cl)cc2N)CC1. The van der Waals surface area contributed by atoms with E-state index < -0.39 is 0 Å². The predicted octanol–water partition coefficient (Wildman–Crippen LogP) is 3.37. The molecule has 0 bridgehead atoms. The van der Waals surface area contributed by atoms with Crippen molar-refractivity contribution in [3.05, 3.63) is 23.2 Å². The molecule has 5 heteroatoms. The Balaban J connectivity index is 1.79. The molecule has 0 radical (unpaired) electrons. The van der Waals surface area contributed by atoms with Gasteiger partial charge in [0.1, 0.15) is 0 Å². The first-order chi connectivity index (χ1) is 10.0. The van der Waals surface area contributed by atoms with Crippen LogP contribution in [0.2, 0.25) is 5.02 Å². The molecule has 4 nitrogen and oxygen atoms in total. The second-order valence-electron chi connectivity index (χ2n) is 5.91. The maximum atomic E-state index is 12.0. The van der Waals surface area contributed by atoms with E-state index in [1.807, 2.05) is 0 Å². The van der Waals surface area contributed by atoms with Crippen LogP contribution in [0, 0.1) is 5.92 Å². The summed E-state index contributed by atoms with van der Waals surface area (Å²) in [5, 5.41) is 3.43. The molecule has 1 aliphatic heterocycles. The molecule has 1 unspecified atom stereocenters. The number of benzene rings is 1. The van der Waals surface area contributed by atoms with Gasteiger partial charge < -0.3 is 16.0 Å². The topological polar surface area (TPSA) is 58.4 Å². The molecule has 3 N–H and O–H groups in total. The summed E-state index contributed by atoms with van der Waals surface area (Å²) in [7, 11) is 0. The summed E-state index contributed by atoms with van der Waals surface area (Å²) in [4.78, 5) is 14.4. The molecule has 2 rings (SSSR count). The summed E-state index contributed by atoms with van der Waals surface area (Å²) < 4.78 is 0. The normalized spacial score (nSPS) is 20.0. The molecule has 0 spiro atoms. The highest BCUT2D eigenvalue weighted by Gasteiger charge is 2.14. The number of nitrogens with one attached hydrogen (secondary N) is 1. The van der Waals surface area contributed by atoms with Crippen LogP contribution in [-0.2, 0) is 4.79 Å². The molecule has 0 aromatic heterocycles. The lowest BCUT2D eigenvalue weighted by molar-refractivity contribution is -0.116. The maximum absolute atomic E-state index is 12.0. The van der Waals surface area contributed by atoms with E-state index in [4.69, 9.17) is 17.3 Å². The highest BCUT2D eigenvalue weighted by molar-refractivity contribution is 6.31. The van der Waals surface area contributed by atoms with Gasteiger partial charge in [-0.1, -0.05) is 18.5 Å². The highest BCUT2D eigenvalue weighted by Crippen LogP contribution is 2.23. The number of carbonyl (C=O) groups excluding carboxylic acids is 1. The molecule has 1 heterocycles. The zero-order valence-corrected chi connectivity index (χ0v) is 13.3. The molecular formula is C16H24ClN3O. The van der Waals surface area contributed by atoms with E-state index in [2.05, 4.69) is 17.1 Å². The number of nitrogen functional groups attached to an aromatic ring is 1. The summed E-state index contributed by atoms with van der Waals surface area (Å²) >= 11 is 5.84. The van der Waals surface area contributed by atoms with E-state index in [9.17, 15) is 4.79 Å². The standard InChI is InChI=1S/C16H24ClN3O/c1-12-3-2-8-20(9-6-12)10-7-16(21)19-15-5-4-13(17)11-14(15)18/h4-5,11-12H,2-3,6-10,18H2,1H3,(H,19,21). The zero-order chi connectivity index (χ0) is 15.2. The van der Waals surface area contributed by atoms with Gasteiger partial charge in [-0.3, -0.25) is 4.79 Å². The van der Waals surface area contributed by atoms with Crippen LogP contribution in [0.4, 0.5) is 11.4 Å². The lowest BCUT2D eigenvalue weighted by Crippen LogP contribution is -2.29. The Kier molecular flexibility index (Phi) is 5.88. The Morgan fingerprint density at radius 2 is 2.24 bits per heavy atom. The monoisotopic (exact) mass is 309 g/mol. The summed E-state index contributed by atoms with van der Waals surface area (Å²) in [5.74, 6) is 0.805. The van der Waals surface area contributed by atoms with Crippen LogP contribution >= 0.6 is 11.6 Å². The molecule has 1 atom stereocenters. The van der Waals surface area contributed by atoms with E-state index in [0.29, 0.717) is 22.8 Å². The minimum absolute atomic E-state index is 0.00122. The van der Waals surface area contributed by atoms with Crippen molar-refractivity contribution in [1.82, 2.24) is 4.90 Å². The van der Waals surface area contributed by atoms with E-state index in [-0.39, 0.29) is 5.91 Å². The molecule has 21 heavy (non-hydrogen) atoms. The Hall–Kier alpha value is -1.26. The number of halogens is 1. The van der Waals surface area contributed by atoms with Gasteiger partial charge in [0.05, 0.1) is 11.4 Å². The number of hydrogen-bond acceptors (Lipinski definition) is 3.